The van der Waals surface area contributed by atoms with Crippen LogP contribution >= 0.6 is 0 Å². The third kappa shape index (κ3) is 4.55. The van der Waals surface area contributed by atoms with Crippen molar-refractivity contribution in [1.82, 2.24) is 0 Å². The summed E-state index contributed by atoms with van der Waals surface area (Å²) in [6.45, 7) is 8.87. The molecule has 1 unspecified atom stereocenters. The average molecular weight is 232 g/mol. The van der Waals surface area contributed by atoms with Gasteiger partial charge in [0.15, 0.2) is 6.10 Å². The fraction of sp³-hybridized carbons (Fsp3) is 0.214. The van der Waals surface area contributed by atoms with Gasteiger partial charge in [-0.05, 0) is 25.1 Å². The summed E-state index contributed by atoms with van der Waals surface area (Å²) in [6.07, 6.45) is 1.24. The summed E-state index contributed by atoms with van der Waals surface area (Å²) in [5.41, 5.74) is 0.368. The largest absolute Gasteiger partial charge is 0.483 e. The highest BCUT2D eigenvalue weighted by atomic mass is 16.6. The van der Waals surface area contributed by atoms with Crippen molar-refractivity contribution < 1.29 is 14.3 Å². The van der Waals surface area contributed by atoms with E-state index in [0.29, 0.717) is 11.3 Å². The van der Waals surface area contributed by atoms with Crippen molar-refractivity contribution in [2.75, 3.05) is 6.61 Å². The van der Waals surface area contributed by atoms with Crippen molar-refractivity contribution in [2.24, 2.45) is 0 Å². The Hall–Kier alpha value is -2.03. The lowest BCUT2D eigenvalue weighted by atomic mass is 10.3. The molecule has 0 radical (unpaired) electrons. The Labute approximate surface area is 101 Å². The van der Waals surface area contributed by atoms with Crippen molar-refractivity contribution in [3.8, 4) is 5.75 Å². The first kappa shape index (κ1) is 13.0. The molecule has 0 aromatic heterocycles. The minimum Gasteiger partial charge on any atom is -0.483 e. The lowest BCUT2D eigenvalue weighted by Gasteiger charge is -2.15. The van der Waals surface area contributed by atoms with Crippen LogP contribution in [0.5, 0.6) is 5.75 Å². The van der Waals surface area contributed by atoms with Gasteiger partial charge in [0.2, 0.25) is 0 Å². The number of rotatable bonds is 6. The van der Waals surface area contributed by atoms with Crippen LogP contribution in [0.4, 0.5) is 0 Å². The second-order valence-electron chi connectivity index (χ2n) is 3.58. The molecule has 0 bridgehead atoms. The highest BCUT2D eigenvalue weighted by Gasteiger charge is 2.10. The van der Waals surface area contributed by atoms with Crippen LogP contribution in [0, 0.1) is 0 Å². The molecule has 0 fully saturated rings. The zero-order chi connectivity index (χ0) is 12.7. The van der Waals surface area contributed by atoms with Gasteiger partial charge in [0.05, 0.1) is 0 Å². The molecule has 1 rings (SSSR count). The second-order valence-corrected chi connectivity index (χ2v) is 3.58. The third-order valence-electron chi connectivity index (χ3n) is 2.02. The minimum absolute atomic E-state index is 0.129. The van der Waals surface area contributed by atoms with Gasteiger partial charge in [-0.15, -0.1) is 0 Å². The van der Waals surface area contributed by atoms with Crippen molar-refractivity contribution in [2.45, 2.75) is 13.0 Å². The standard InChI is InChI=1S/C14H16O3/c1-4-12(10-16-14(15)11(2)3)17-13-8-6-5-7-9-13/h4-9,12H,1-2,10H2,3H3. The van der Waals surface area contributed by atoms with Crippen LogP contribution in [-0.4, -0.2) is 18.7 Å². The van der Waals surface area contributed by atoms with Crippen LogP contribution < -0.4 is 4.74 Å². The molecule has 1 aromatic carbocycles. The Morgan fingerprint density at radius 2 is 2.06 bits per heavy atom. The Balaban J connectivity index is 2.47. The van der Waals surface area contributed by atoms with E-state index in [1.165, 1.54) is 0 Å². The number of benzene rings is 1. The minimum atomic E-state index is -0.423. The number of hydrogen-bond donors (Lipinski definition) is 0. The highest BCUT2D eigenvalue weighted by Crippen LogP contribution is 2.11. The van der Waals surface area contributed by atoms with E-state index in [4.69, 9.17) is 9.47 Å². The fourth-order valence-corrected chi connectivity index (χ4v) is 1.11. The van der Waals surface area contributed by atoms with E-state index >= 15 is 0 Å². The molecule has 0 amide bonds. The molecule has 3 nitrogen and oxygen atoms in total. The third-order valence-corrected chi connectivity index (χ3v) is 2.02. The van der Waals surface area contributed by atoms with E-state index in [2.05, 4.69) is 13.2 Å². The van der Waals surface area contributed by atoms with Gasteiger partial charge in [0, 0.05) is 5.57 Å². The Morgan fingerprint density at radius 1 is 1.41 bits per heavy atom. The van der Waals surface area contributed by atoms with Gasteiger partial charge in [0.1, 0.15) is 12.4 Å². The number of carbonyl (C=O) groups is 1. The average Bonchev–Trinajstić information content (AvgIpc) is 2.35. The number of ether oxygens (including phenoxy) is 2. The first-order valence-corrected chi connectivity index (χ1v) is 5.30. The van der Waals surface area contributed by atoms with Crippen molar-refractivity contribution in [3.05, 3.63) is 55.1 Å². The molecular weight excluding hydrogens is 216 g/mol. The molecule has 1 aromatic rings. The van der Waals surface area contributed by atoms with Gasteiger partial charge in [0.25, 0.3) is 0 Å². The summed E-state index contributed by atoms with van der Waals surface area (Å²) in [5, 5.41) is 0. The lowest BCUT2D eigenvalue weighted by Crippen LogP contribution is -2.22. The molecule has 0 aliphatic heterocycles. The molecule has 0 spiro atoms. The van der Waals surface area contributed by atoms with E-state index in [-0.39, 0.29) is 12.7 Å². The zero-order valence-corrected chi connectivity index (χ0v) is 9.89. The molecule has 0 aliphatic carbocycles. The smallest absolute Gasteiger partial charge is 0.333 e. The van der Waals surface area contributed by atoms with E-state index < -0.39 is 5.97 Å². The Bertz CT molecular complexity index is 395. The molecule has 3 heteroatoms. The molecule has 0 heterocycles. The predicted molar refractivity (Wildman–Crippen MR) is 66.8 cm³/mol. The van der Waals surface area contributed by atoms with Gasteiger partial charge in [-0.2, -0.15) is 0 Å². The van der Waals surface area contributed by atoms with Crippen LogP contribution in [0.3, 0.4) is 0 Å². The topological polar surface area (TPSA) is 35.5 Å². The van der Waals surface area contributed by atoms with E-state index in [1.807, 2.05) is 30.3 Å². The molecule has 90 valence electrons. The first-order chi connectivity index (χ1) is 8.13. The zero-order valence-electron chi connectivity index (χ0n) is 9.89. The fourth-order valence-electron chi connectivity index (χ4n) is 1.11. The molecule has 0 aliphatic rings. The van der Waals surface area contributed by atoms with Gasteiger partial charge >= 0.3 is 5.97 Å². The summed E-state index contributed by atoms with van der Waals surface area (Å²) < 4.78 is 10.6. The summed E-state index contributed by atoms with van der Waals surface area (Å²) >= 11 is 0. The Morgan fingerprint density at radius 3 is 2.59 bits per heavy atom. The van der Waals surface area contributed by atoms with Crippen LogP contribution in [0.2, 0.25) is 0 Å². The number of para-hydroxylation sites is 1. The first-order valence-electron chi connectivity index (χ1n) is 5.30. The highest BCUT2D eigenvalue weighted by molar-refractivity contribution is 5.86. The van der Waals surface area contributed by atoms with Crippen LogP contribution in [0.25, 0.3) is 0 Å². The summed E-state index contributed by atoms with van der Waals surface area (Å²) in [5.74, 6) is 0.289. The van der Waals surface area contributed by atoms with Crippen molar-refractivity contribution in [1.29, 1.82) is 0 Å². The maximum Gasteiger partial charge on any atom is 0.333 e. The maximum atomic E-state index is 11.2. The molecule has 0 saturated heterocycles. The predicted octanol–water partition coefficient (Wildman–Crippen LogP) is 2.74. The van der Waals surface area contributed by atoms with E-state index in [9.17, 15) is 4.79 Å². The van der Waals surface area contributed by atoms with Gasteiger partial charge in [-0.25, -0.2) is 4.79 Å². The summed E-state index contributed by atoms with van der Waals surface area (Å²) in [7, 11) is 0. The summed E-state index contributed by atoms with van der Waals surface area (Å²) in [4.78, 5) is 11.2. The Kier molecular flexibility index (Phi) is 5.01. The monoisotopic (exact) mass is 232 g/mol. The van der Waals surface area contributed by atoms with Crippen LogP contribution in [-0.2, 0) is 9.53 Å². The van der Waals surface area contributed by atoms with Gasteiger partial charge in [-0.1, -0.05) is 31.4 Å². The van der Waals surface area contributed by atoms with Crippen molar-refractivity contribution in [3.63, 3.8) is 0 Å². The molecule has 1 atom stereocenters. The molecule has 17 heavy (non-hydrogen) atoms. The van der Waals surface area contributed by atoms with Crippen molar-refractivity contribution >= 4 is 5.97 Å². The van der Waals surface area contributed by atoms with Crippen LogP contribution in [0.15, 0.2) is 55.1 Å². The van der Waals surface area contributed by atoms with E-state index in [1.54, 1.807) is 13.0 Å². The maximum absolute atomic E-state index is 11.2. The summed E-state index contributed by atoms with van der Waals surface area (Å²) in [6, 6.07) is 9.30. The normalized spacial score (nSPS) is 11.4. The van der Waals surface area contributed by atoms with Crippen LogP contribution in [0.1, 0.15) is 6.92 Å². The number of esters is 1. The van der Waals surface area contributed by atoms with Gasteiger partial charge < -0.3 is 9.47 Å². The van der Waals surface area contributed by atoms with Gasteiger partial charge in [-0.3, -0.25) is 0 Å². The number of hydrogen-bond acceptors (Lipinski definition) is 3. The second kappa shape index (κ2) is 6.53. The molecular formula is C14H16O3. The molecule has 0 N–H and O–H groups in total. The molecule has 0 saturated carbocycles. The SMILES string of the molecule is C=CC(COC(=O)C(=C)C)Oc1ccccc1. The van der Waals surface area contributed by atoms with E-state index in [0.717, 1.165) is 0 Å². The number of carbonyl (C=O) groups excluding carboxylic acids is 1. The lowest BCUT2D eigenvalue weighted by molar-refractivity contribution is -0.140. The quantitative estimate of drug-likeness (QED) is 0.430.